The normalized spacial score (nSPS) is 10.7. The third-order valence-electron chi connectivity index (χ3n) is 3.30. The summed E-state index contributed by atoms with van der Waals surface area (Å²) in [5.74, 6) is 0.716. The fourth-order valence-electron chi connectivity index (χ4n) is 2.15. The lowest BCUT2D eigenvalue weighted by Crippen LogP contribution is -2.04. The van der Waals surface area contributed by atoms with E-state index in [0.29, 0.717) is 21.2 Å². The third kappa shape index (κ3) is 3.39. The van der Waals surface area contributed by atoms with Crippen LogP contribution in [0.4, 0.5) is 5.69 Å². The molecule has 0 saturated heterocycles. The first-order chi connectivity index (χ1) is 11.6. The number of non-ortho nitro benzene ring substituents is 1. The fourth-order valence-corrected chi connectivity index (χ4v) is 4.13. The number of nitro benzene ring substituents is 1. The van der Waals surface area contributed by atoms with E-state index in [4.69, 9.17) is 4.74 Å². The van der Waals surface area contributed by atoms with Crippen LogP contribution in [0, 0.1) is 10.1 Å². The lowest BCUT2D eigenvalue weighted by Gasteiger charge is -2.06. The number of hydrogen-bond acceptors (Lipinski definition) is 7. The second kappa shape index (κ2) is 6.98. The molecule has 3 rings (SSSR count). The van der Waals surface area contributed by atoms with Crippen molar-refractivity contribution in [3.8, 4) is 5.75 Å². The van der Waals surface area contributed by atoms with Crippen LogP contribution < -0.4 is 4.74 Å². The van der Waals surface area contributed by atoms with E-state index in [1.807, 2.05) is 6.07 Å². The van der Waals surface area contributed by atoms with E-state index in [9.17, 15) is 14.9 Å². The molecule has 1 aromatic heterocycles. The van der Waals surface area contributed by atoms with Crippen LogP contribution in [-0.4, -0.2) is 28.6 Å². The number of methoxy groups -OCH3 is 1. The van der Waals surface area contributed by atoms with Crippen LogP contribution >= 0.6 is 23.1 Å². The molecule has 0 aliphatic rings. The number of carbonyl (C=O) groups excluding carboxylic acids is 1. The van der Waals surface area contributed by atoms with E-state index in [-0.39, 0.29) is 17.2 Å². The highest BCUT2D eigenvalue weighted by Crippen LogP contribution is 2.32. The molecular formula is C16H12N2O4S2. The van der Waals surface area contributed by atoms with Crippen LogP contribution in [0.5, 0.6) is 5.75 Å². The first-order valence-corrected chi connectivity index (χ1v) is 8.72. The molecule has 0 bridgehead atoms. The summed E-state index contributed by atoms with van der Waals surface area (Å²) in [6, 6.07) is 11.6. The fraction of sp³-hybridized carbons (Fsp3) is 0.125. The number of hydrogen-bond donors (Lipinski definition) is 0. The zero-order chi connectivity index (χ0) is 17.1. The number of aromatic nitrogens is 1. The summed E-state index contributed by atoms with van der Waals surface area (Å²) in [4.78, 5) is 27.1. The molecule has 8 heteroatoms. The Kier molecular flexibility index (Phi) is 4.77. The highest BCUT2D eigenvalue weighted by molar-refractivity contribution is 8.01. The smallest absolute Gasteiger partial charge is 0.270 e. The van der Waals surface area contributed by atoms with Gasteiger partial charge in [0.05, 0.1) is 33.6 Å². The summed E-state index contributed by atoms with van der Waals surface area (Å²) in [6.45, 7) is 0. The molecule has 0 N–H and O–H groups in total. The topological polar surface area (TPSA) is 82.3 Å². The molecule has 0 unspecified atom stereocenters. The number of rotatable bonds is 6. The minimum atomic E-state index is -0.433. The van der Waals surface area contributed by atoms with E-state index in [1.165, 1.54) is 42.3 Å². The standard InChI is InChI=1S/C16H12N2O4S2/c1-22-14-5-3-2-4-11(14)13(19)9-23-16-17-12-7-6-10(18(20)21)8-15(12)24-16/h2-8H,9H2,1H3. The number of thiazole rings is 1. The predicted molar refractivity (Wildman–Crippen MR) is 94.3 cm³/mol. The number of nitrogens with zero attached hydrogens (tertiary/aromatic N) is 2. The quantitative estimate of drug-likeness (QED) is 0.284. The molecule has 0 spiro atoms. The van der Waals surface area contributed by atoms with Gasteiger partial charge in [-0.3, -0.25) is 14.9 Å². The minimum Gasteiger partial charge on any atom is -0.496 e. The van der Waals surface area contributed by atoms with Crippen molar-refractivity contribution >= 4 is 44.8 Å². The van der Waals surface area contributed by atoms with Gasteiger partial charge in [0.2, 0.25) is 0 Å². The molecule has 2 aromatic carbocycles. The van der Waals surface area contributed by atoms with Crippen molar-refractivity contribution in [3.63, 3.8) is 0 Å². The highest BCUT2D eigenvalue weighted by Gasteiger charge is 2.14. The van der Waals surface area contributed by atoms with Crippen molar-refractivity contribution in [2.75, 3.05) is 12.9 Å². The zero-order valence-electron chi connectivity index (χ0n) is 12.6. The molecule has 0 amide bonds. The van der Waals surface area contributed by atoms with Crippen LogP contribution in [0.3, 0.4) is 0 Å². The predicted octanol–water partition coefficient (Wildman–Crippen LogP) is 4.19. The monoisotopic (exact) mass is 360 g/mol. The number of benzene rings is 2. The Morgan fingerprint density at radius 3 is 2.88 bits per heavy atom. The highest BCUT2D eigenvalue weighted by atomic mass is 32.2. The van der Waals surface area contributed by atoms with Gasteiger partial charge in [-0.25, -0.2) is 4.98 Å². The zero-order valence-corrected chi connectivity index (χ0v) is 14.2. The summed E-state index contributed by atoms with van der Waals surface area (Å²) in [6.07, 6.45) is 0. The summed E-state index contributed by atoms with van der Waals surface area (Å²) in [5.41, 5.74) is 1.26. The average molecular weight is 360 g/mol. The number of Topliss-reactive ketones (excluding diaryl/α,β-unsaturated/α-hetero) is 1. The molecule has 3 aromatic rings. The van der Waals surface area contributed by atoms with Crippen LogP contribution in [-0.2, 0) is 0 Å². The van der Waals surface area contributed by atoms with Gasteiger partial charge in [0.25, 0.3) is 5.69 Å². The van der Waals surface area contributed by atoms with Gasteiger partial charge in [-0.2, -0.15) is 0 Å². The molecule has 0 fully saturated rings. The molecule has 0 aliphatic carbocycles. The number of fused-ring (bicyclic) bond motifs is 1. The van der Waals surface area contributed by atoms with Gasteiger partial charge in [0, 0.05) is 12.1 Å². The van der Waals surface area contributed by atoms with Crippen molar-refractivity contribution < 1.29 is 14.5 Å². The number of carbonyl (C=O) groups is 1. The van der Waals surface area contributed by atoms with Crippen molar-refractivity contribution in [2.45, 2.75) is 4.34 Å². The van der Waals surface area contributed by atoms with E-state index in [2.05, 4.69) is 4.98 Å². The van der Waals surface area contributed by atoms with Gasteiger partial charge in [-0.1, -0.05) is 23.9 Å². The molecule has 122 valence electrons. The largest absolute Gasteiger partial charge is 0.496 e. The van der Waals surface area contributed by atoms with Crippen LogP contribution in [0.25, 0.3) is 10.2 Å². The molecule has 24 heavy (non-hydrogen) atoms. The Labute approximate surface area is 145 Å². The Morgan fingerprint density at radius 1 is 1.33 bits per heavy atom. The second-order valence-corrected chi connectivity index (χ2v) is 7.05. The molecule has 0 radical (unpaired) electrons. The Hall–Kier alpha value is -2.45. The number of thioether (sulfide) groups is 1. The van der Waals surface area contributed by atoms with Gasteiger partial charge in [0.1, 0.15) is 5.75 Å². The van der Waals surface area contributed by atoms with E-state index in [0.717, 1.165) is 4.70 Å². The van der Waals surface area contributed by atoms with Crippen LogP contribution in [0.2, 0.25) is 0 Å². The Bertz CT molecular complexity index is 923. The molecule has 1 heterocycles. The summed E-state index contributed by atoms with van der Waals surface area (Å²) in [7, 11) is 1.53. The average Bonchev–Trinajstić information content (AvgIpc) is 3.01. The van der Waals surface area contributed by atoms with Gasteiger partial charge in [-0.15, -0.1) is 11.3 Å². The third-order valence-corrected chi connectivity index (χ3v) is 5.46. The molecule has 0 atom stereocenters. The van der Waals surface area contributed by atoms with Crippen molar-refractivity contribution in [1.29, 1.82) is 0 Å². The summed E-state index contributed by atoms with van der Waals surface area (Å²) in [5, 5.41) is 10.8. The van der Waals surface area contributed by atoms with Gasteiger partial charge in [-0.05, 0) is 18.2 Å². The van der Waals surface area contributed by atoms with Crippen LogP contribution in [0.15, 0.2) is 46.8 Å². The lowest BCUT2D eigenvalue weighted by molar-refractivity contribution is -0.384. The SMILES string of the molecule is COc1ccccc1C(=O)CSc1nc2ccc([N+](=O)[O-])cc2s1. The van der Waals surface area contributed by atoms with E-state index < -0.39 is 4.92 Å². The molecule has 0 aliphatic heterocycles. The lowest BCUT2D eigenvalue weighted by atomic mass is 10.1. The molecular weight excluding hydrogens is 348 g/mol. The summed E-state index contributed by atoms with van der Waals surface area (Å²) < 4.78 is 6.63. The number of ether oxygens (including phenoxy) is 1. The maximum absolute atomic E-state index is 12.3. The number of nitro groups is 1. The van der Waals surface area contributed by atoms with E-state index >= 15 is 0 Å². The number of ketones is 1. The first kappa shape index (κ1) is 16.4. The first-order valence-electron chi connectivity index (χ1n) is 6.92. The van der Waals surface area contributed by atoms with Gasteiger partial charge >= 0.3 is 0 Å². The van der Waals surface area contributed by atoms with Gasteiger partial charge < -0.3 is 4.74 Å². The van der Waals surface area contributed by atoms with Gasteiger partial charge in [0.15, 0.2) is 10.1 Å². The van der Waals surface area contributed by atoms with Crippen molar-refractivity contribution in [2.24, 2.45) is 0 Å². The van der Waals surface area contributed by atoms with E-state index in [1.54, 1.807) is 24.3 Å². The van der Waals surface area contributed by atoms with Crippen molar-refractivity contribution in [1.82, 2.24) is 4.98 Å². The number of para-hydroxylation sites is 1. The molecule has 0 saturated carbocycles. The minimum absolute atomic E-state index is 0.0350. The molecule has 6 nitrogen and oxygen atoms in total. The Balaban J connectivity index is 1.75. The summed E-state index contributed by atoms with van der Waals surface area (Å²) >= 11 is 2.65. The Morgan fingerprint density at radius 2 is 2.12 bits per heavy atom. The van der Waals surface area contributed by atoms with Crippen molar-refractivity contribution in [3.05, 3.63) is 58.1 Å². The van der Waals surface area contributed by atoms with Crippen LogP contribution in [0.1, 0.15) is 10.4 Å². The maximum Gasteiger partial charge on any atom is 0.270 e. The maximum atomic E-state index is 12.3. The second-order valence-electron chi connectivity index (χ2n) is 4.80.